The Balaban J connectivity index is 0.000000150. The van der Waals surface area contributed by atoms with Crippen LogP contribution >= 0.6 is 11.3 Å². The summed E-state index contributed by atoms with van der Waals surface area (Å²) in [5.41, 5.74) is 20.9. The van der Waals surface area contributed by atoms with Gasteiger partial charge in [0.2, 0.25) is 0 Å². The molecule has 0 saturated carbocycles. The third kappa shape index (κ3) is 22.8. The average Bonchev–Trinajstić information content (AvgIpc) is 1.57. The fourth-order valence-corrected chi connectivity index (χ4v) is 21.3. The molecule has 0 atom stereocenters. The van der Waals surface area contributed by atoms with Gasteiger partial charge in [0.15, 0.2) is 9.84 Å². The molecular weight excluding hydrogens is 2130 g/mol. The summed E-state index contributed by atoms with van der Waals surface area (Å²) in [6.45, 7) is 27.8. The molecule has 10 aromatic carbocycles. The number of thiophene rings is 1. The van der Waals surface area contributed by atoms with Gasteiger partial charge in [-0.3, -0.25) is 0 Å². The van der Waals surface area contributed by atoms with E-state index in [-0.39, 0.29) is 65.9 Å². The molecule has 3 radical (unpaired) electrons. The van der Waals surface area contributed by atoms with Crippen LogP contribution < -0.4 is 15.6 Å². The van der Waals surface area contributed by atoms with Gasteiger partial charge in [-0.1, -0.05) is 245 Å². The number of benzene rings is 10. The molecule has 1 aliphatic heterocycles. The number of fused-ring (bicyclic) bond motifs is 9. The van der Waals surface area contributed by atoms with Gasteiger partial charge < -0.3 is 34.3 Å². The SMILES string of the molecule is CC(C)Cc1cc(-c2[c-]ccc3c2sc2ccccc23)ncc1[Si](C)(C)C.C[Si](C)(C)c1ccc(-c2[c-]cc3c(c2)oc2ccccc23)nc1.C[Si](C)(C)c1cnc(-c2[c-]cc3c(c2)S(=O)(=O)c2ccccc2-3)cc1-c1ccccc1.Cc1ccnc(-c2[c-]cccc2)c1.Cc1ccnc(-c2[c-]cccc2)c1.[2H]C([2H])([2H])c1ccc(-c2[c-]cccc2)nc1.[Ir].[Ir].[Ir]. The summed E-state index contributed by atoms with van der Waals surface area (Å²) in [7, 11) is -7.90. The molecule has 0 saturated heterocycles. The molecular formula is C106H96Ir3N6O3S2Si3-6. The third-order valence-corrected chi connectivity index (χ3v) is 29.7. The zero-order chi connectivity index (χ0) is 86.8. The van der Waals surface area contributed by atoms with E-state index in [1.54, 1.807) is 42.5 Å². The Morgan fingerprint density at radius 3 is 1.54 bits per heavy atom. The standard InChI is InChI=1S/C26H22NO2SSi.C24H26NSSi.C20H18NOSi.3C12H10N.3Ir/c1-31(2,3)26-17-27-23(16-22(26)18-9-5-4-6-10-18)19-13-14-21-20-11-7-8-12-24(20)30(28,29)25(21)15-19;1-16(2)13-17-14-21(25-15-23(17)27(3,4)5)20-11-8-10-19-18-9-6-7-12-22(18)26-24(19)20;1-23(2,3)15-9-11-18(21-13-15)14-8-10-17-16-6-4-5-7-19(16)22-20(17)12-14;2*1-10-7-8-13-12(9-10)11-5-3-2-4-6-11;1-10-7-8-12(13-9-10)11-5-3-2-4-6-11;;;/h4-12,14-17H,1-3H3;6-10,12,14-16H,13H2,1-5H3;4-7,9-13H,1-3H3;3*2-5,7-9H,1H3;;;/q6*-1;;;/i;;;;;1D3;;;. The second kappa shape index (κ2) is 41.4. The molecule has 0 amide bonds. The van der Waals surface area contributed by atoms with E-state index >= 15 is 0 Å². The predicted molar refractivity (Wildman–Crippen MR) is 509 cm³/mol. The minimum absolute atomic E-state index is 0. The number of nitrogens with zero attached hydrogens (tertiary/aromatic N) is 6. The van der Waals surface area contributed by atoms with Crippen LogP contribution in [-0.2, 0) is 76.6 Å². The van der Waals surface area contributed by atoms with Crippen molar-refractivity contribution in [3.63, 3.8) is 0 Å². The smallest absolute Gasteiger partial charge is 0.189 e. The van der Waals surface area contributed by atoms with Gasteiger partial charge in [0, 0.05) is 106 Å². The van der Waals surface area contributed by atoms with E-state index in [0.29, 0.717) is 26.8 Å². The van der Waals surface area contributed by atoms with Gasteiger partial charge in [0.05, 0.1) is 34.7 Å². The van der Waals surface area contributed by atoms with Crippen LogP contribution in [-0.4, -0.2) is 62.5 Å². The van der Waals surface area contributed by atoms with Gasteiger partial charge in [0.1, 0.15) is 5.58 Å². The summed E-state index contributed by atoms with van der Waals surface area (Å²) < 4.78 is 56.5. The Hall–Kier alpha value is -10.3. The van der Waals surface area contributed by atoms with Crippen molar-refractivity contribution in [2.24, 2.45) is 5.92 Å². The number of furan rings is 1. The van der Waals surface area contributed by atoms with Gasteiger partial charge in [-0.25, -0.2) is 8.42 Å². The number of para-hydroxylation sites is 1. The maximum atomic E-state index is 13.1. The third-order valence-electron chi connectivity index (χ3n) is 20.5. The number of rotatable bonds is 12. The molecule has 123 heavy (non-hydrogen) atoms. The maximum absolute atomic E-state index is 13.1. The number of aryl methyl sites for hydroxylation is 3. The number of hydrogen-bond acceptors (Lipinski definition) is 10. The Morgan fingerprint density at radius 1 is 0.398 bits per heavy atom. The number of aromatic nitrogens is 6. The van der Waals surface area contributed by atoms with E-state index in [0.717, 1.165) is 107 Å². The zero-order valence-corrected chi connectivity index (χ0v) is 82.8. The van der Waals surface area contributed by atoms with Crippen molar-refractivity contribution in [3.05, 3.63) is 369 Å². The minimum Gasteiger partial charge on any atom is -0.476 e. The van der Waals surface area contributed by atoms with Crippen LogP contribution in [0.1, 0.15) is 40.2 Å². The number of sulfone groups is 1. The fraction of sp³-hybridized carbons (Fsp3) is 0.151. The van der Waals surface area contributed by atoms with Crippen LogP contribution in [0.4, 0.5) is 0 Å². The van der Waals surface area contributed by atoms with E-state index in [4.69, 9.17) is 18.5 Å². The van der Waals surface area contributed by atoms with E-state index in [1.807, 2.05) is 182 Å². The van der Waals surface area contributed by atoms with E-state index in [9.17, 15) is 8.42 Å². The quantitative estimate of drug-likeness (QED) is 0.0868. The molecule has 0 unspecified atom stereocenters. The Morgan fingerprint density at radius 2 is 0.943 bits per heavy atom. The molecule has 9 nitrogen and oxygen atoms in total. The topological polar surface area (TPSA) is 125 Å². The number of pyridine rings is 6. The van der Waals surface area contributed by atoms with Crippen molar-refractivity contribution >= 4 is 103 Å². The summed E-state index contributed by atoms with van der Waals surface area (Å²) in [4.78, 5) is 27.7. The first-order valence-electron chi connectivity index (χ1n) is 41.7. The molecule has 0 spiro atoms. The van der Waals surface area contributed by atoms with Gasteiger partial charge in [-0.2, -0.15) is 11.3 Å². The summed E-state index contributed by atoms with van der Waals surface area (Å²) in [5, 5.41) is 9.01. The molecule has 9 heterocycles. The van der Waals surface area contributed by atoms with Crippen molar-refractivity contribution in [1.29, 1.82) is 0 Å². The Bertz CT molecular complexity index is 6770. The van der Waals surface area contributed by atoms with E-state index in [1.165, 1.54) is 58.6 Å². The molecule has 19 rings (SSSR count). The maximum Gasteiger partial charge on any atom is 0.189 e. The first-order valence-corrected chi connectivity index (χ1v) is 53.0. The minimum atomic E-state index is -3.53. The van der Waals surface area contributed by atoms with Crippen molar-refractivity contribution in [1.82, 2.24) is 29.9 Å². The first-order chi connectivity index (χ1) is 58.9. The first kappa shape index (κ1) is 89.0. The van der Waals surface area contributed by atoms with Gasteiger partial charge in [0.25, 0.3) is 0 Å². The van der Waals surface area contributed by atoms with Crippen molar-refractivity contribution in [2.75, 3.05) is 0 Å². The molecule has 18 aromatic rings. The van der Waals surface area contributed by atoms with Crippen LogP contribution in [0.15, 0.2) is 324 Å². The Labute approximate surface area is 777 Å². The second-order valence-electron chi connectivity index (χ2n) is 33.2. The molecule has 0 fully saturated rings. The van der Waals surface area contributed by atoms with Crippen molar-refractivity contribution in [3.8, 4) is 89.8 Å². The van der Waals surface area contributed by atoms with Gasteiger partial charge in [-0.15, -0.1) is 173 Å². The monoisotopic (exact) mass is 2230 g/mol. The molecule has 0 bridgehead atoms. The molecule has 1 aliphatic rings. The van der Waals surface area contributed by atoms with E-state index in [2.05, 4.69) is 234 Å². The summed E-state index contributed by atoms with van der Waals surface area (Å²) in [6, 6.07) is 109. The molecule has 0 aliphatic carbocycles. The van der Waals surface area contributed by atoms with Gasteiger partial charge >= 0.3 is 0 Å². The molecule has 625 valence electrons. The summed E-state index contributed by atoms with van der Waals surface area (Å²) in [6.07, 6.45) is 12.3. The van der Waals surface area contributed by atoms with E-state index < -0.39 is 40.9 Å². The van der Waals surface area contributed by atoms with Crippen LogP contribution in [0.3, 0.4) is 0 Å². The number of hydrogen-bond donors (Lipinski definition) is 0. The summed E-state index contributed by atoms with van der Waals surface area (Å²) >= 11 is 1.85. The fourth-order valence-electron chi connectivity index (χ4n) is 14.3. The zero-order valence-electron chi connectivity index (χ0n) is 74.0. The van der Waals surface area contributed by atoms with Crippen LogP contribution in [0, 0.1) is 63.0 Å². The molecule has 0 N–H and O–H groups in total. The van der Waals surface area contributed by atoms with Gasteiger partial charge in [-0.05, 0) is 156 Å². The summed E-state index contributed by atoms with van der Waals surface area (Å²) in [5.74, 6) is 0.638. The molecule has 8 aromatic heterocycles. The van der Waals surface area contributed by atoms with Crippen molar-refractivity contribution < 1.29 is 77.3 Å². The normalized spacial score (nSPS) is 12.2. The van der Waals surface area contributed by atoms with Crippen LogP contribution in [0.25, 0.3) is 132 Å². The Kier molecular flexibility index (Phi) is 30.0. The van der Waals surface area contributed by atoms with Crippen LogP contribution in [0.5, 0.6) is 0 Å². The van der Waals surface area contributed by atoms with Crippen molar-refractivity contribution in [2.45, 2.75) is 110 Å². The molecule has 17 heteroatoms. The average molecular weight is 2230 g/mol. The van der Waals surface area contributed by atoms with Crippen LogP contribution in [0.2, 0.25) is 58.9 Å². The largest absolute Gasteiger partial charge is 0.476 e. The second-order valence-corrected chi connectivity index (χ2v) is 51.3. The predicted octanol–water partition coefficient (Wildman–Crippen LogP) is 25.8.